The molecular weight excluding hydrogens is 250 g/mol. The van der Waals surface area contributed by atoms with E-state index in [1.807, 2.05) is 4.90 Å². The standard InChI is InChI=1S/C16H31N3O/c1-4-18(5-2)16(20)9-10-19-14-7-6-8-15(19)12-13(11-14)17-3/h13-15,17H,4-12H2,1-3H3. The quantitative estimate of drug-likeness (QED) is 0.807. The van der Waals surface area contributed by atoms with Crippen LogP contribution in [0.1, 0.15) is 52.4 Å². The van der Waals surface area contributed by atoms with Gasteiger partial charge in [-0.3, -0.25) is 9.69 Å². The summed E-state index contributed by atoms with van der Waals surface area (Å²) in [6, 6.07) is 2.08. The van der Waals surface area contributed by atoms with Crippen molar-refractivity contribution in [2.45, 2.75) is 70.5 Å². The average Bonchev–Trinajstić information content (AvgIpc) is 2.45. The van der Waals surface area contributed by atoms with Crippen LogP contribution >= 0.6 is 0 Å². The third kappa shape index (κ3) is 3.53. The number of fused-ring (bicyclic) bond motifs is 2. The van der Waals surface area contributed by atoms with Gasteiger partial charge in [0.15, 0.2) is 0 Å². The van der Waals surface area contributed by atoms with Crippen molar-refractivity contribution in [1.29, 1.82) is 0 Å². The van der Waals surface area contributed by atoms with E-state index < -0.39 is 0 Å². The van der Waals surface area contributed by atoms with Crippen LogP contribution in [0.4, 0.5) is 0 Å². The highest BCUT2D eigenvalue weighted by Gasteiger charge is 2.37. The lowest BCUT2D eigenvalue weighted by Gasteiger charge is -2.49. The van der Waals surface area contributed by atoms with Crippen molar-refractivity contribution < 1.29 is 4.79 Å². The van der Waals surface area contributed by atoms with E-state index in [0.717, 1.165) is 19.6 Å². The summed E-state index contributed by atoms with van der Waals surface area (Å²) >= 11 is 0. The third-order valence-corrected chi connectivity index (χ3v) is 5.23. The van der Waals surface area contributed by atoms with Crippen molar-refractivity contribution >= 4 is 5.91 Å². The Hall–Kier alpha value is -0.610. The molecular formula is C16H31N3O. The van der Waals surface area contributed by atoms with E-state index in [4.69, 9.17) is 0 Å². The van der Waals surface area contributed by atoms with Crippen LogP contribution in [0.5, 0.6) is 0 Å². The molecule has 2 bridgehead atoms. The lowest BCUT2D eigenvalue weighted by molar-refractivity contribution is -0.131. The first kappa shape index (κ1) is 15.8. The van der Waals surface area contributed by atoms with Gasteiger partial charge in [0, 0.05) is 44.2 Å². The number of rotatable bonds is 6. The van der Waals surface area contributed by atoms with Crippen molar-refractivity contribution in [1.82, 2.24) is 15.1 Å². The molecule has 2 aliphatic heterocycles. The fraction of sp³-hybridized carbons (Fsp3) is 0.938. The second-order valence-electron chi connectivity index (χ2n) is 6.25. The van der Waals surface area contributed by atoms with Gasteiger partial charge in [0.1, 0.15) is 0 Å². The molecule has 2 saturated heterocycles. The first-order valence-corrected chi connectivity index (χ1v) is 8.40. The zero-order valence-corrected chi connectivity index (χ0v) is 13.4. The summed E-state index contributed by atoms with van der Waals surface area (Å²) in [6.07, 6.45) is 7.20. The molecule has 4 heteroatoms. The lowest BCUT2D eigenvalue weighted by atomic mass is 9.81. The summed E-state index contributed by atoms with van der Waals surface area (Å²) in [5.41, 5.74) is 0. The molecule has 1 amide bonds. The zero-order chi connectivity index (χ0) is 14.5. The van der Waals surface area contributed by atoms with Crippen molar-refractivity contribution in [3.8, 4) is 0 Å². The predicted octanol–water partition coefficient (Wildman–Crippen LogP) is 1.85. The van der Waals surface area contributed by atoms with Gasteiger partial charge >= 0.3 is 0 Å². The van der Waals surface area contributed by atoms with Crippen molar-refractivity contribution in [3.63, 3.8) is 0 Å². The van der Waals surface area contributed by atoms with Crippen LogP contribution in [0, 0.1) is 0 Å². The van der Waals surface area contributed by atoms with E-state index >= 15 is 0 Å². The second-order valence-corrected chi connectivity index (χ2v) is 6.25. The molecule has 0 aromatic carbocycles. The van der Waals surface area contributed by atoms with Gasteiger partial charge in [-0.2, -0.15) is 0 Å². The minimum atomic E-state index is 0.323. The molecule has 0 radical (unpaired) electrons. The Kier molecular flexibility index (Phi) is 5.85. The number of hydrogen-bond donors (Lipinski definition) is 1. The SMILES string of the molecule is CCN(CC)C(=O)CCN1C2CCCC1CC(NC)C2. The molecule has 0 aromatic heterocycles. The van der Waals surface area contributed by atoms with Crippen molar-refractivity contribution in [3.05, 3.63) is 0 Å². The second kappa shape index (κ2) is 7.41. The Morgan fingerprint density at radius 2 is 1.80 bits per heavy atom. The number of amides is 1. The van der Waals surface area contributed by atoms with Crippen molar-refractivity contribution in [2.24, 2.45) is 0 Å². The lowest BCUT2D eigenvalue weighted by Crippen LogP contribution is -2.56. The molecule has 0 saturated carbocycles. The first-order chi connectivity index (χ1) is 9.69. The van der Waals surface area contributed by atoms with Gasteiger partial charge in [-0.25, -0.2) is 0 Å². The highest BCUT2D eigenvalue weighted by molar-refractivity contribution is 5.76. The molecule has 2 fully saturated rings. The highest BCUT2D eigenvalue weighted by atomic mass is 16.2. The van der Waals surface area contributed by atoms with E-state index in [1.54, 1.807) is 0 Å². The van der Waals surface area contributed by atoms with E-state index in [0.29, 0.717) is 30.5 Å². The number of hydrogen-bond acceptors (Lipinski definition) is 3. The summed E-state index contributed by atoms with van der Waals surface area (Å²) in [6.45, 7) is 6.76. The molecule has 0 aliphatic carbocycles. The molecule has 0 spiro atoms. The van der Waals surface area contributed by atoms with Crippen LogP contribution in [0.15, 0.2) is 0 Å². The summed E-state index contributed by atoms with van der Waals surface area (Å²) in [7, 11) is 2.08. The highest BCUT2D eigenvalue weighted by Crippen LogP contribution is 2.33. The molecule has 2 heterocycles. The van der Waals surface area contributed by atoms with Gasteiger partial charge in [-0.15, -0.1) is 0 Å². The number of piperidine rings is 2. The fourth-order valence-corrected chi connectivity index (χ4v) is 4.04. The predicted molar refractivity (Wildman–Crippen MR) is 82.8 cm³/mol. The van der Waals surface area contributed by atoms with Crippen LogP contribution in [-0.4, -0.2) is 60.5 Å². The molecule has 116 valence electrons. The number of carbonyl (C=O) groups excluding carboxylic acids is 1. The van der Waals surface area contributed by atoms with Crippen LogP contribution in [0.2, 0.25) is 0 Å². The molecule has 0 aromatic rings. The number of nitrogens with one attached hydrogen (secondary N) is 1. The Morgan fingerprint density at radius 3 is 2.30 bits per heavy atom. The molecule has 1 N–H and O–H groups in total. The Balaban J connectivity index is 1.88. The van der Waals surface area contributed by atoms with E-state index in [1.165, 1.54) is 32.1 Å². The zero-order valence-electron chi connectivity index (χ0n) is 13.4. The van der Waals surface area contributed by atoms with Gasteiger partial charge in [-0.05, 0) is 46.6 Å². The summed E-state index contributed by atoms with van der Waals surface area (Å²) in [5, 5.41) is 3.45. The summed E-state index contributed by atoms with van der Waals surface area (Å²) < 4.78 is 0. The van der Waals surface area contributed by atoms with Gasteiger partial charge in [-0.1, -0.05) is 6.42 Å². The van der Waals surface area contributed by atoms with Gasteiger partial charge in [0.25, 0.3) is 0 Å². The summed E-state index contributed by atoms with van der Waals surface area (Å²) in [4.78, 5) is 16.8. The van der Waals surface area contributed by atoms with E-state index in [2.05, 4.69) is 31.1 Å². The number of carbonyl (C=O) groups is 1. The van der Waals surface area contributed by atoms with Gasteiger partial charge < -0.3 is 10.2 Å². The molecule has 2 atom stereocenters. The Bertz CT molecular complexity index is 303. The van der Waals surface area contributed by atoms with Crippen molar-refractivity contribution in [2.75, 3.05) is 26.7 Å². The topological polar surface area (TPSA) is 35.6 Å². The smallest absolute Gasteiger partial charge is 0.223 e. The monoisotopic (exact) mass is 281 g/mol. The van der Waals surface area contributed by atoms with E-state index in [9.17, 15) is 4.79 Å². The molecule has 4 nitrogen and oxygen atoms in total. The fourth-order valence-electron chi connectivity index (χ4n) is 4.04. The normalized spacial score (nSPS) is 30.2. The minimum Gasteiger partial charge on any atom is -0.343 e. The maximum atomic E-state index is 12.2. The minimum absolute atomic E-state index is 0.323. The maximum Gasteiger partial charge on any atom is 0.223 e. The molecule has 2 rings (SSSR count). The maximum absolute atomic E-state index is 12.2. The third-order valence-electron chi connectivity index (χ3n) is 5.23. The van der Waals surface area contributed by atoms with Crippen LogP contribution in [-0.2, 0) is 4.79 Å². The molecule has 2 unspecified atom stereocenters. The van der Waals surface area contributed by atoms with Gasteiger partial charge in [0.05, 0.1) is 0 Å². The Labute approximate surface area is 123 Å². The van der Waals surface area contributed by atoms with Crippen LogP contribution < -0.4 is 5.32 Å². The van der Waals surface area contributed by atoms with Gasteiger partial charge in [0.2, 0.25) is 5.91 Å². The largest absolute Gasteiger partial charge is 0.343 e. The molecule has 20 heavy (non-hydrogen) atoms. The average molecular weight is 281 g/mol. The van der Waals surface area contributed by atoms with Crippen LogP contribution in [0.3, 0.4) is 0 Å². The first-order valence-electron chi connectivity index (χ1n) is 8.40. The molecule has 2 aliphatic rings. The summed E-state index contributed by atoms with van der Waals surface area (Å²) in [5.74, 6) is 0.323. The van der Waals surface area contributed by atoms with E-state index in [-0.39, 0.29) is 0 Å². The number of nitrogens with zero attached hydrogens (tertiary/aromatic N) is 2. The Morgan fingerprint density at radius 1 is 1.20 bits per heavy atom. The van der Waals surface area contributed by atoms with Crippen LogP contribution in [0.25, 0.3) is 0 Å².